The highest BCUT2D eigenvalue weighted by atomic mass is 35.5. The predicted molar refractivity (Wildman–Crippen MR) is 57.7 cm³/mol. The Morgan fingerprint density at radius 3 is 2.53 bits per heavy atom. The van der Waals surface area contributed by atoms with E-state index in [0.717, 1.165) is 10.5 Å². The number of aromatic nitrogens is 1. The van der Waals surface area contributed by atoms with Crippen molar-refractivity contribution in [2.75, 3.05) is 13.1 Å². The molecule has 17 heavy (non-hydrogen) atoms. The first-order chi connectivity index (χ1) is 7.72. The molecule has 0 unspecified atom stereocenters. The number of hydrogen-bond acceptors (Lipinski definition) is 3. The van der Waals surface area contributed by atoms with Gasteiger partial charge < -0.3 is 0 Å². The van der Waals surface area contributed by atoms with Crippen molar-refractivity contribution < 1.29 is 17.2 Å². The quantitative estimate of drug-likeness (QED) is 0.776. The largest absolute Gasteiger partial charge is 0.275 e. The number of nitrogens with zero attached hydrogens (tertiary/aromatic N) is 2. The van der Waals surface area contributed by atoms with E-state index in [1.54, 1.807) is 6.92 Å². The molecule has 0 bridgehead atoms. The Kier molecular flexibility index (Phi) is 2.87. The van der Waals surface area contributed by atoms with Crippen LogP contribution in [0.2, 0.25) is 5.15 Å². The monoisotopic (exact) mass is 282 g/mol. The van der Waals surface area contributed by atoms with Gasteiger partial charge in [0, 0.05) is 6.20 Å². The molecule has 4 nitrogen and oxygen atoms in total. The van der Waals surface area contributed by atoms with E-state index in [1.807, 2.05) is 0 Å². The fourth-order valence-electron chi connectivity index (χ4n) is 1.46. The third kappa shape index (κ3) is 2.27. The summed E-state index contributed by atoms with van der Waals surface area (Å²) >= 11 is 5.66. The molecule has 0 atom stereocenters. The third-order valence-electron chi connectivity index (χ3n) is 2.44. The zero-order chi connectivity index (χ0) is 12.8. The lowest BCUT2D eigenvalue weighted by Gasteiger charge is -2.37. The molecule has 0 radical (unpaired) electrons. The van der Waals surface area contributed by atoms with Gasteiger partial charge in [0.05, 0.1) is 13.1 Å². The van der Waals surface area contributed by atoms with Crippen molar-refractivity contribution >= 4 is 21.6 Å². The number of halogens is 3. The van der Waals surface area contributed by atoms with Gasteiger partial charge in [-0.1, -0.05) is 11.6 Å². The van der Waals surface area contributed by atoms with Gasteiger partial charge in [-0.05, 0) is 18.6 Å². The smallest absolute Gasteiger partial charge is 0.243 e. The van der Waals surface area contributed by atoms with E-state index in [1.165, 1.54) is 6.07 Å². The molecule has 1 aliphatic heterocycles. The summed E-state index contributed by atoms with van der Waals surface area (Å²) in [4.78, 5) is 3.58. The first-order valence-corrected chi connectivity index (χ1v) is 6.54. The van der Waals surface area contributed by atoms with Crippen LogP contribution in [-0.2, 0) is 10.0 Å². The first kappa shape index (κ1) is 12.7. The molecule has 0 amide bonds. The van der Waals surface area contributed by atoms with Crippen LogP contribution >= 0.6 is 11.6 Å². The van der Waals surface area contributed by atoms with E-state index in [0.29, 0.717) is 5.56 Å². The maximum atomic E-state index is 12.6. The number of aryl methyl sites for hydroxylation is 1. The van der Waals surface area contributed by atoms with Gasteiger partial charge in [0.2, 0.25) is 10.0 Å². The van der Waals surface area contributed by atoms with E-state index in [2.05, 4.69) is 4.98 Å². The topological polar surface area (TPSA) is 50.3 Å². The predicted octanol–water partition coefficient (Wildman–Crippen LogP) is 1.68. The number of alkyl halides is 2. The standard InChI is InChI=1S/C9H9ClF2N2O2S/c1-6-2-7(3-13-8(6)10)17(15,16)14-4-9(11,12)5-14/h2-3H,4-5H2,1H3. The van der Waals surface area contributed by atoms with Crippen molar-refractivity contribution in [1.82, 2.24) is 9.29 Å². The molecule has 94 valence electrons. The van der Waals surface area contributed by atoms with E-state index < -0.39 is 29.0 Å². The molecule has 2 rings (SSSR count). The Hall–Kier alpha value is -0.790. The second-order valence-electron chi connectivity index (χ2n) is 3.91. The molecule has 0 spiro atoms. The molecular formula is C9H9ClF2N2O2S. The molecule has 1 saturated heterocycles. The van der Waals surface area contributed by atoms with Crippen molar-refractivity contribution in [2.24, 2.45) is 0 Å². The van der Waals surface area contributed by atoms with Gasteiger partial charge >= 0.3 is 0 Å². The molecule has 0 aromatic carbocycles. The zero-order valence-electron chi connectivity index (χ0n) is 8.82. The van der Waals surface area contributed by atoms with Crippen LogP contribution in [0, 0.1) is 6.92 Å². The summed E-state index contributed by atoms with van der Waals surface area (Å²) in [6.07, 6.45) is 1.07. The average molecular weight is 283 g/mol. The molecule has 1 aromatic heterocycles. The van der Waals surface area contributed by atoms with Gasteiger partial charge in [-0.3, -0.25) is 0 Å². The minimum absolute atomic E-state index is 0.116. The third-order valence-corrected chi connectivity index (χ3v) is 4.60. The summed E-state index contributed by atoms with van der Waals surface area (Å²) in [5.41, 5.74) is 0.486. The molecule has 1 aliphatic rings. The molecule has 0 aliphatic carbocycles. The van der Waals surface area contributed by atoms with Crippen molar-refractivity contribution in [3.8, 4) is 0 Å². The Labute approximate surface area is 102 Å². The number of pyridine rings is 1. The number of rotatable bonds is 2. The highest BCUT2D eigenvalue weighted by molar-refractivity contribution is 7.89. The van der Waals surface area contributed by atoms with E-state index in [4.69, 9.17) is 11.6 Å². The summed E-state index contributed by atoms with van der Waals surface area (Å²) in [6, 6.07) is 1.32. The van der Waals surface area contributed by atoms with Crippen molar-refractivity contribution in [2.45, 2.75) is 17.7 Å². The van der Waals surface area contributed by atoms with Crippen LogP contribution in [0.4, 0.5) is 8.78 Å². The highest BCUT2D eigenvalue weighted by Crippen LogP contribution is 2.32. The zero-order valence-corrected chi connectivity index (χ0v) is 10.4. The van der Waals surface area contributed by atoms with Gasteiger partial charge in [-0.2, -0.15) is 4.31 Å². The van der Waals surface area contributed by atoms with Gasteiger partial charge in [0.1, 0.15) is 10.0 Å². The Bertz CT molecular complexity index is 554. The molecule has 2 heterocycles. The summed E-state index contributed by atoms with van der Waals surface area (Å²) in [5.74, 6) is -2.93. The van der Waals surface area contributed by atoms with E-state index in [-0.39, 0.29) is 10.0 Å². The second kappa shape index (κ2) is 3.86. The minimum Gasteiger partial charge on any atom is -0.243 e. The van der Waals surface area contributed by atoms with Crippen molar-refractivity contribution in [3.63, 3.8) is 0 Å². The number of hydrogen-bond donors (Lipinski definition) is 0. The second-order valence-corrected chi connectivity index (χ2v) is 6.20. The highest BCUT2D eigenvalue weighted by Gasteiger charge is 2.49. The van der Waals surface area contributed by atoms with Gasteiger partial charge in [0.15, 0.2) is 0 Å². The van der Waals surface area contributed by atoms with Crippen LogP contribution in [0.25, 0.3) is 0 Å². The van der Waals surface area contributed by atoms with E-state index in [9.17, 15) is 17.2 Å². The molecule has 8 heteroatoms. The lowest BCUT2D eigenvalue weighted by molar-refractivity contribution is -0.0945. The molecule has 1 aromatic rings. The Morgan fingerprint density at radius 1 is 1.47 bits per heavy atom. The maximum absolute atomic E-state index is 12.6. The fourth-order valence-corrected chi connectivity index (χ4v) is 3.09. The molecular weight excluding hydrogens is 274 g/mol. The van der Waals surface area contributed by atoms with Gasteiger partial charge in [-0.15, -0.1) is 0 Å². The van der Waals surface area contributed by atoms with Crippen molar-refractivity contribution in [3.05, 3.63) is 23.0 Å². The lowest BCUT2D eigenvalue weighted by Crippen LogP contribution is -2.58. The summed E-state index contributed by atoms with van der Waals surface area (Å²) in [5, 5.41) is 0.192. The van der Waals surface area contributed by atoms with Crippen LogP contribution < -0.4 is 0 Å². The molecule has 0 N–H and O–H groups in total. The molecule has 0 saturated carbocycles. The maximum Gasteiger partial charge on any atom is 0.275 e. The van der Waals surface area contributed by atoms with Crippen molar-refractivity contribution in [1.29, 1.82) is 0 Å². The van der Waals surface area contributed by atoms with Crippen LogP contribution in [0.3, 0.4) is 0 Å². The van der Waals surface area contributed by atoms with Crippen LogP contribution in [0.1, 0.15) is 5.56 Å². The summed E-state index contributed by atoms with van der Waals surface area (Å²) in [7, 11) is -3.88. The first-order valence-electron chi connectivity index (χ1n) is 4.72. The van der Waals surface area contributed by atoms with Crippen LogP contribution in [0.5, 0.6) is 0 Å². The fraction of sp³-hybridized carbons (Fsp3) is 0.444. The van der Waals surface area contributed by atoms with E-state index >= 15 is 0 Å². The van der Waals surface area contributed by atoms with Gasteiger partial charge in [0.25, 0.3) is 5.92 Å². The average Bonchev–Trinajstić information content (AvgIpc) is 2.18. The van der Waals surface area contributed by atoms with Gasteiger partial charge in [-0.25, -0.2) is 22.2 Å². The lowest BCUT2D eigenvalue weighted by atomic mass is 10.2. The normalized spacial score (nSPS) is 20.0. The summed E-state index contributed by atoms with van der Waals surface area (Å²) < 4.78 is 49.7. The minimum atomic E-state index is -3.88. The number of sulfonamides is 1. The van der Waals surface area contributed by atoms with Crippen LogP contribution in [-0.4, -0.2) is 36.7 Å². The Balaban J connectivity index is 2.30. The SMILES string of the molecule is Cc1cc(S(=O)(=O)N2CC(F)(F)C2)cnc1Cl. The molecule has 1 fully saturated rings. The Morgan fingerprint density at radius 2 is 2.06 bits per heavy atom. The summed E-state index contributed by atoms with van der Waals surface area (Å²) in [6.45, 7) is 0.0348. The van der Waals surface area contributed by atoms with Crippen LogP contribution in [0.15, 0.2) is 17.2 Å².